The highest BCUT2D eigenvalue weighted by molar-refractivity contribution is 5.92. The Hall–Kier alpha value is -5.91. The van der Waals surface area contributed by atoms with Crippen LogP contribution < -0.4 is 20.9 Å². The molecule has 2 bridgehead atoms. The molecule has 2 aliphatic rings. The van der Waals surface area contributed by atoms with Crippen LogP contribution in [0.1, 0.15) is 46.6 Å². The van der Waals surface area contributed by atoms with Gasteiger partial charge in [-0.1, -0.05) is 24.3 Å². The normalized spacial score (nSPS) is 18.3. The highest BCUT2D eigenvalue weighted by atomic mass is 19.1. The number of aromatic hydroxyl groups is 1. The maximum atomic E-state index is 15.0. The van der Waals surface area contributed by atoms with Gasteiger partial charge in [-0.2, -0.15) is 10.5 Å². The third kappa shape index (κ3) is 5.47. The second kappa shape index (κ2) is 12.5. The van der Waals surface area contributed by atoms with Gasteiger partial charge in [0.25, 0.3) is 5.91 Å². The highest BCUT2D eigenvalue weighted by Crippen LogP contribution is 2.52. The molecule has 1 aliphatic heterocycles. The minimum atomic E-state index is -0.699. The van der Waals surface area contributed by atoms with E-state index in [0.29, 0.717) is 40.3 Å². The molecular formula is C36H31FN6O4. The Morgan fingerprint density at radius 3 is 2.60 bits per heavy atom. The number of nitrogens with one attached hydrogen (secondary N) is 1. The summed E-state index contributed by atoms with van der Waals surface area (Å²) in [7, 11) is 1.44. The number of carbonyl (C=O) groups is 1. The number of rotatable bonds is 7. The van der Waals surface area contributed by atoms with Gasteiger partial charge in [0.05, 0.1) is 12.7 Å². The van der Waals surface area contributed by atoms with Crippen molar-refractivity contribution in [3.8, 4) is 45.9 Å². The summed E-state index contributed by atoms with van der Waals surface area (Å²) in [6.45, 7) is 2.54. The van der Waals surface area contributed by atoms with E-state index < -0.39 is 11.7 Å². The Kier molecular flexibility index (Phi) is 8.25. The smallest absolute Gasteiger partial charge is 0.267 e. The minimum absolute atomic E-state index is 0.0500. The number of hydrogen-bond acceptors (Lipinski definition) is 9. The Labute approximate surface area is 270 Å². The Morgan fingerprint density at radius 1 is 1.15 bits per heavy atom. The number of anilines is 2. The van der Waals surface area contributed by atoms with Crippen LogP contribution in [0.15, 0.2) is 60.8 Å². The van der Waals surface area contributed by atoms with Crippen molar-refractivity contribution >= 4 is 23.5 Å². The number of aromatic nitrogens is 1. The Balaban J connectivity index is 1.38. The number of nitriles is 2. The fraction of sp³-hybridized carbons (Fsp3) is 0.222. The third-order valence-electron chi connectivity index (χ3n) is 9.37. The predicted molar refractivity (Wildman–Crippen MR) is 174 cm³/mol. The summed E-state index contributed by atoms with van der Waals surface area (Å²) >= 11 is 0. The molecule has 6 rings (SSSR count). The molecule has 1 amide bonds. The van der Waals surface area contributed by atoms with Crippen LogP contribution in [0, 0.1) is 41.3 Å². The van der Waals surface area contributed by atoms with Gasteiger partial charge in [-0.3, -0.25) is 10.0 Å². The number of phenols is 1. The van der Waals surface area contributed by atoms with E-state index in [9.17, 15) is 24.8 Å². The van der Waals surface area contributed by atoms with Gasteiger partial charge < -0.3 is 20.5 Å². The van der Waals surface area contributed by atoms with Crippen LogP contribution in [0.4, 0.5) is 15.9 Å². The average Bonchev–Trinajstić information content (AvgIpc) is 3.70. The van der Waals surface area contributed by atoms with Crippen LogP contribution in [-0.2, 0) is 4.79 Å². The first-order chi connectivity index (χ1) is 22.7. The van der Waals surface area contributed by atoms with Crippen LogP contribution in [-0.4, -0.2) is 40.9 Å². The van der Waals surface area contributed by atoms with Gasteiger partial charge in [0.1, 0.15) is 29.3 Å². The lowest BCUT2D eigenvalue weighted by Gasteiger charge is -2.34. The van der Waals surface area contributed by atoms with Gasteiger partial charge in [0.15, 0.2) is 11.5 Å². The number of piperidine rings is 1. The van der Waals surface area contributed by atoms with E-state index in [1.165, 1.54) is 31.4 Å². The number of hydrogen-bond donors (Lipinski definition) is 4. The number of amides is 1. The van der Waals surface area contributed by atoms with Crippen molar-refractivity contribution in [1.29, 1.82) is 10.5 Å². The summed E-state index contributed by atoms with van der Waals surface area (Å²) in [6.07, 6.45) is 6.17. The van der Waals surface area contributed by atoms with Gasteiger partial charge in [-0.05, 0) is 89.8 Å². The fourth-order valence-corrected chi connectivity index (χ4v) is 7.02. The number of pyridine rings is 1. The maximum absolute atomic E-state index is 15.0. The molecule has 0 radical (unpaired) electrons. The van der Waals surface area contributed by atoms with Crippen LogP contribution in [0.3, 0.4) is 0 Å². The number of nitrogens with zero attached hydrogens (tertiary/aromatic N) is 4. The van der Waals surface area contributed by atoms with Crippen LogP contribution >= 0.6 is 0 Å². The van der Waals surface area contributed by atoms with Crippen LogP contribution in [0.5, 0.6) is 11.5 Å². The molecule has 3 unspecified atom stereocenters. The molecule has 47 heavy (non-hydrogen) atoms. The molecule has 236 valence electrons. The number of nitrogens with two attached hydrogens (primary N) is 1. The fourth-order valence-electron chi connectivity index (χ4n) is 7.02. The van der Waals surface area contributed by atoms with Crippen LogP contribution in [0.25, 0.3) is 28.3 Å². The van der Waals surface area contributed by atoms with Gasteiger partial charge >= 0.3 is 0 Å². The molecule has 3 atom stereocenters. The SMILES string of the molecule is COc1cc(-c2cnc(N3CC4CC3CC4c3ccc(/C=C/C(=O)NO)c(C)c3N)c(C#N)c2-c2ccc(C#N)c(F)c2)ccc1O. The summed E-state index contributed by atoms with van der Waals surface area (Å²) in [5, 5.41) is 38.9. The van der Waals surface area contributed by atoms with E-state index in [1.54, 1.807) is 36.0 Å². The number of phenolic OH excluding ortho intramolecular Hbond substituents is 1. The van der Waals surface area contributed by atoms with Crippen molar-refractivity contribution in [2.24, 2.45) is 5.92 Å². The van der Waals surface area contributed by atoms with Crippen molar-refractivity contribution in [2.45, 2.75) is 31.7 Å². The van der Waals surface area contributed by atoms with Crippen molar-refractivity contribution < 1.29 is 24.2 Å². The first-order valence-electron chi connectivity index (χ1n) is 15.0. The first kappa shape index (κ1) is 31.1. The molecule has 3 aromatic carbocycles. The van der Waals surface area contributed by atoms with E-state index in [4.69, 9.17) is 20.7 Å². The minimum Gasteiger partial charge on any atom is -0.504 e. The Morgan fingerprint density at radius 2 is 1.94 bits per heavy atom. The molecular weight excluding hydrogens is 599 g/mol. The summed E-state index contributed by atoms with van der Waals surface area (Å²) in [6, 6.07) is 17.2. The topological polar surface area (TPSA) is 169 Å². The summed E-state index contributed by atoms with van der Waals surface area (Å²) in [4.78, 5) is 18.4. The number of halogens is 1. The first-order valence-corrected chi connectivity index (χ1v) is 15.0. The van der Waals surface area contributed by atoms with E-state index in [0.717, 1.165) is 29.5 Å². The van der Waals surface area contributed by atoms with Crippen LogP contribution in [0.2, 0.25) is 0 Å². The molecule has 1 saturated heterocycles. The molecule has 5 N–H and O–H groups in total. The number of hydroxylamine groups is 1. The predicted octanol–water partition coefficient (Wildman–Crippen LogP) is 5.80. The van der Waals surface area contributed by atoms with Crippen molar-refractivity contribution in [1.82, 2.24) is 10.5 Å². The van der Waals surface area contributed by atoms with Gasteiger partial charge in [0.2, 0.25) is 0 Å². The van der Waals surface area contributed by atoms with Crippen molar-refractivity contribution in [2.75, 3.05) is 24.3 Å². The molecule has 2 fully saturated rings. The molecule has 1 saturated carbocycles. The van der Waals surface area contributed by atoms with Gasteiger partial charge in [-0.25, -0.2) is 14.9 Å². The van der Waals surface area contributed by atoms with Gasteiger partial charge in [-0.15, -0.1) is 0 Å². The van der Waals surface area contributed by atoms with Gasteiger partial charge in [0, 0.05) is 41.7 Å². The molecule has 1 aromatic heterocycles. The number of benzene rings is 3. The molecule has 10 nitrogen and oxygen atoms in total. The number of carbonyl (C=O) groups excluding carboxylic acids is 1. The molecule has 2 heterocycles. The standard InChI is InChI=1S/C36H31FN6O4/c1-19-20(7-10-33(45)42-46)5-8-26(35(19)40)27-14-25-11-24(27)18-43(25)36-28(16-39)34(22-3-4-23(15-38)30(37)12-22)29(17-41-36)21-6-9-31(44)32(13-21)47-2/h3-10,12-13,17,24-25,27,44,46H,11,14,18,40H2,1-2H3,(H,42,45)/b10-7+. The number of methoxy groups -OCH3 is 1. The van der Waals surface area contributed by atoms with E-state index in [-0.39, 0.29) is 40.5 Å². The lowest BCUT2D eigenvalue weighted by molar-refractivity contribution is -0.124. The molecule has 11 heteroatoms. The maximum Gasteiger partial charge on any atom is 0.267 e. The zero-order valence-corrected chi connectivity index (χ0v) is 25.7. The number of ether oxygens (including phenoxy) is 1. The second-order valence-electron chi connectivity index (χ2n) is 11.8. The molecule has 4 aromatic rings. The monoisotopic (exact) mass is 630 g/mol. The van der Waals surface area contributed by atoms with Crippen molar-refractivity contribution in [3.63, 3.8) is 0 Å². The number of nitrogen functional groups attached to an aromatic ring is 1. The summed E-state index contributed by atoms with van der Waals surface area (Å²) in [5.41, 5.74) is 13.7. The van der Waals surface area contributed by atoms with Crippen molar-refractivity contribution in [3.05, 3.63) is 94.4 Å². The lowest BCUT2D eigenvalue weighted by Crippen LogP contribution is -2.36. The van der Waals surface area contributed by atoms with E-state index in [1.807, 2.05) is 25.1 Å². The summed E-state index contributed by atoms with van der Waals surface area (Å²) < 4.78 is 20.3. The van der Waals surface area contributed by atoms with E-state index >= 15 is 0 Å². The highest BCUT2D eigenvalue weighted by Gasteiger charge is 2.47. The molecule has 1 aliphatic carbocycles. The molecule has 0 spiro atoms. The number of fused-ring (bicyclic) bond motifs is 2. The average molecular weight is 631 g/mol. The van der Waals surface area contributed by atoms with E-state index in [2.05, 4.69) is 11.0 Å². The summed E-state index contributed by atoms with van der Waals surface area (Å²) in [5.74, 6) is -0.210. The largest absolute Gasteiger partial charge is 0.504 e. The Bertz CT molecular complexity index is 2030. The zero-order valence-electron chi connectivity index (χ0n) is 25.7. The zero-order chi connectivity index (χ0) is 33.4. The quantitative estimate of drug-likeness (QED) is 0.0853. The third-order valence-corrected chi connectivity index (χ3v) is 9.37. The lowest BCUT2D eigenvalue weighted by atomic mass is 9.84. The second-order valence-corrected chi connectivity index (χ2v) is 11.8.